The maximum Gasteiger partial charge on any atom is 0.232 e. The highest BCUT2D eigenvalue weighted by molar-refractivity contribution is 5.97. The van der Waals surface area contributed by atoms with Crippen molar-refractivity contribution in [1.29, 1.82) is 0 Å². The van der Waals surface area contributed by atoms with Crippen LogP contribution in [0.25, 0.3) is 0 Å². The zero-order valence-electron chi connectivity index (χ0n) is 17.2. The number of anilines is 1. The number of aryl methyl sites for hydroxylation is 1. The van der Waals surface area contributed by atoms with Gasteiger partial charge in [-0.2, -0.15) is 0 Å². The van der Waals surface area contributed by atoms with Gasteiger partial charge in [0.05, 0.1) is 7.11 Å². The molecule has 0 spiro atoms. The van der Waals surface area contributed by atoms with E-state index in [9.17, 15) is 9.59 Å². The number of nitrogens with one attached hydrogen (secondary N) is 1. The first-order chi connectivity index (χ1) is 14.0. The summed E-state index contributed by atoms with van der Waals surface area (Å²) in [6, 6.07) is 16.1. The van der Waals surface area contributed by atoms with E-state index in [1.54, 1.807) is 12.0 Å². The van der Waals surface area contributed by atoms with Crippen LogP contribution in [0.4, 0.5) is 5.69 Å². The molecule has 0 aromatic heterocycles. The van der Waals surface area contributed by atoms with Crippen molar-refractivity contribution in [3.63, 3.8) is 0 Å². The lowest BCUT2D eigenvalue weighted by Gasteiger charge is -2.36. The van der Waals surface area contributed by atoms with Gasteiger partial charge >= 0.3 is 0 Å². The average molecular weight is 396 g/mol. The molecule has 2 aromatic rings. The number of benzene rings is 2. The van der Waals surface area contributed by atoms with Gasteiger partial charge in [-0.3, -0.25) is 9.59 Å². The van der Waals surface area contributed by atoms with E-state index in [2.05, 4.69) is 41.4 Å². The number of piperazine rings is 1. The number of nitrogens with zero attached hydrogens (tertiary/aromatic N) is 2. The van der Waals surface area contributed by atoms with Gasteiger partial charge in [0.1, 0.15) is 12.2 Å². The molecule has 29 heavy (non-hydrogen) atoms. The lowest BCUT2D eigenvalue weighted by atomic mass is 10.1. The summed E-state index contributed by atoms with van der Waals surface area (Å²) in [7, 11) is 1.63. The molecule has 0 radical (unpaired) electrons. The molecule has 6 heteroatoms. The molecule has 0 aliphatic carbocycles. The third-order valence-corrected chi connectivity index (χ3v) is 5.21. The maximum absolute atomic E-state index is 12.4. The van der Waals surface area contributed by atoms with Gasteiger partial charge in [-0.25, -0.2) is 0 Å². The van der Waals surface area contributed by atoms with E-state index in [-0.39, 0.29) is 18.2 Å². The predicted molar refractivity (Wildman–Crippen MR) is 114 cm³/mol. The van der Waals surface area contributed by atoms with Crippen molar-refractivity contribution in [1.82, 2.24) is 10.2 Å². The minimum atomic E-state index is -0.218. The largest absolute Gasteiger partial charge is 0.497 e. The van der Waals surface area contributed by atoms with Gasteiger partial charge in [0.25, 0.3) is 0 Å². The first-order valence-corrected chi connectivity index (χ1v) is 10.0. The number of ether oxygens (including phenoxy) is 1. The zero-order chi connectivity index (χ0) is 20.6. The summed E-state index contributed by atoms with van der Waals surface area (Å²) in [5.41, 5.74) is 3.53. The standard InChI is InChI=1S/C23H29N3O3/c1-18-4-3-5-20(16-18)25-12-14-26(15-13-25)23(28)17-22(27)24-11-10-19-6-8-21(29-2)9-7-19/h3-9,16H,10-15,17H2,1-2H3,(H,24,27). The number of carbonyl (C=O) groups is 2. The number of hydrogen-bond acceptors (Lipinski definition) is 4. The molecule has 6 nitrogen and oxygen atoms in total. The monoisotopic (exact) mass is 395 g/mol. The Kier molecular flexibility index (Phi) is 7.11. The summed E-state index contributed by atoms with van der Waals surface area (Å²) >= 11 is 0. The van der Waals surface area contributed by atoms with Crippen LogP contribution in [0, 0.1) is 6.92 Å². The van der Waals surface area contributed by atoms with Gasteiger partial charge in [-0.15, -0.1) is 0 Å². The SMILES string of the molecule is COc1ccc(CCNC(=O)CC(=O)N2CCN(c3cccc(C)c3)CC2)cc1. The molecule has 1 heterocycles. The molecule has 1 aliphatic heterocycles. The fourth-order valence-corrected chi connectivity index (χ4v) is 3.49. The molecule has 3 rings (SSSR count). The number of amides is 2. The third kappa shape index (κ3) is 5.98. The van der Waals surface area contributed by atoms with Gasteiger partial charge in [0.15, 0.2) is 0 Å². The van der Waals surface area contributed by atoms with Crippen molar-refractivity contribution in [2.24, 2.45) is 0 Å². The van der Waals surface area contributed by atoms with Gasteiger partial charge in [0.2, 0.25) is 11.8 Å². The molecule has 1 N–H and O–H groups in total. The minimum Gasteiger partial charge on any atom is -0.497 e. The number of carbonyl (C=O) groups excluding carboxylic acids is 2. The molecule has 154 valence electrons. The highest BCUT2D eigenvalue weighted by Crippen LogP contribution is 2.18. The van der Waals surface area contributed by atoms with Gasteiger partial charge in [0, 0.05) is 38.4 Å². The van der Waals surface area contributed by atoms with E-state index in [1.165, 1.54) is 11.3 Å². The normalized spacial score (nSPS) is 13.9. The fourth-order valence-electron chi connectivity index (χ4n) is 3.49. The van der Waals surface area contributed by atoms with E-state index in [4.69, 9.17) is 4.74 Å². The average Bonchev–Trinajstić information content (AvgIpc) is 2.74. The van der Waals surface area contributed by atoms with Gasteiger partial charge in [-0.1, -0.05) is 24.3 Å². The second-order valence-electron chi connectivity index (χ2n) is 7.33. The Labute approximate surface area is 172 Å². The van der Waals surface area contributed by atoms with Crippen LogP contribution in [-0.2, 0) is 16.0 Å². The van der Waals surface area contributed by atoms with Crippen LogP contribution < -0.4 is 15.0 Å². The molecule has 2 aromatic carbocycles. The molecule has 2 amide bonds. The third-order valence-electron chi connectivity index (χ3n) is 5.21. The van der Waals surface area contributed by atoms with Crippen LogP contribution in [0.1, 0.15) is 17.5 Å². The van der Waals surface area contributed by atoms with Crippen molar-refractivity contribution in [2.75, 3.05) is 44.7 Å². The van der Waals surface area contributed by atoms with E-state index < -0.39 is 0 Å². The Hall–Kier alpha value is -3.02. The Balaban J connectivity index is 1.38. The molecule has 0 bridgehead atoms. The predicted octanol–water partition coefficient (Wildman–Crippen LogP) is 2.40. The first kappa shape index (κ1) is 20.7. The van der Waals surface area contributed by atoms with Gasteiger partial charge < -0.3 is 19.9 Å². The summed E-state index contributed by atoms with van der Waals surface area (Å²) in [6.45, 7) is 5.45. The minimum absolute atomic E-state index is 0.0902. The van der Waals surface area contributed by atoms with Crippen molar-refractivity contribution >= 4 is 17.5 Å². The second kappa shape index (κ2) is 9.96. The van der Waals surface area contributed by atoms with Crippen LogP contribution in [0.2, 0.25) is 0 Å². The second-order valence-corrected chi connectivity index (χ2v) is 7.33. The van der Waals surface area contributed by atoms with E-state index in [0.29, 0.717) is 19.6 Å². The van der Waals surface area contributed by atoms with E-state index in [1.807, 2.05) is 24.3 Å². The van der Waals surface area contributed by atoms with E-state index >= 15 is 0 Å². The molecule has 0 unspecified atom stereocenters. The number of rotatable bonds is 7. The number of methoxy groups -OCH3 is 1. The van der Waals surface area contributed by atoms with Gasteiger partial charge in [-0.05, 0) is 48.7 Å². The zero-order valence-corrected chi connectivity index (χ0v) is 17.2. The first-order valence-electron chi connectivity index (χ1n) is 10.0. The van der Waals surface area contributed by atoms with Crippen molar-refractivity contribution in [2.45, 2.75) is 19.8 Å². The summed E-state index contributed by atoms with van der Waals surface area (Å²) in [4.78, 5) is 28.6. The molecule has 1 fully saturated rings. The Morgan fingerprint density at radius 1 is 1.03 bits per heavy atom. The topological polar surface area (TPSA) is 61.9 Å². The summed E-state index contributed by atoms with van der Waals surface area (Å²) < 4.78 is 5.14. The van der Waals surface area contributed by atoms with E-state index in [0.717, 1.165) is 30.8 Å². The van der Waals surface area contributed by atoms with Crippen LogP contribution >= 0.6 is 0 Å². The van der Waals surface area contributed by atoms with Crippen LogP contribution in [-0.4, -0.2) is 56.5 Å². The van der Waals surface area contributed by atoms with Crippen LogP contribution in [0.5, 0.6) is 5.75 Å². The molecule has 0 saturated carbocycles. The lowest BCUT2D eigenvalue weighted by molar-refractivity contribution is -0.136. The number of hydrogen-bond donors (Lipinski definition) is 1. The van der Waals surface area contributed by atoms with Crippen molar-refractivity contribution in [3.8, 4) is 5.75 Å². The summed E-state index contributed by atoms with van der Waals surface area (Å²) in [6.07, 6.45) is 0.631. The van der Waals surface area contributed by atoms with Crippen molar-refractivity contribution in [3.05, 3.63) is 59.7 Å². The highest BCUT2D eigenvalue weighted by Gasteiger charge is 2.22. The lowest BCUT2D eigenvalue weighted by Crippen LogP contribution is -2.49. The Morgan fingerprint density at radius 3 is 2.41 bits per heavy atom. The van der Waals surface area contributed by atoms with Crippen LogP contribution in [0.3, 0.4) is 0 Å². The summed E-state index contributed by atoms with van der Waals surface area (Å²) in [5, 5.41) is 2.84. The Morgan fingerprint density at radius 2 is 1.76 bits per heavy atom. The summed E-state index contributed by atoms with van der Waals surface area (Å²) in [5.74, 6) is 0.492. The molecule has 0 atom stereocenters. The Bertz CT molecular complexity index is 828. The van der Waals surface area contributed by atoms with Crippen molar-refractivity contribution < 1.29 is 14.3 Å². The highest BCUT2D eigenvalue weighted by atomic mass is 16.5. The molecule has 1 aliphatic rings. The molecule has 1 saturated heterocycles. The molecular formula is C23H29N3O3. The maximum atomic E-state index is 12.4. The van der Waals surface area contributed by atoms with Crippen LogP contribution in [0.15, 0.2) is 48.5 Å². The smallest absolute Gasteiger partial charge is 0.232 e. The quantitative estimate of drug-likeness (QED) is 0.732. The molecular weight excluding hydrogens is 366 g/mol. The fraction of sp³-hybridized carbons (Fsp3) is 0.391.